The van der Waals surface area contributed by atoms with E-state index in [4.69, 9.17) is 5.73 Å². The van der Waals surface area contributed by atoms with Gasteiger partial charge in [-0.25, -0.2) is 4.68 Å². The van der Waals surface area contributed by atoms with Gasteiger partial charge in [0, 0.05) is 16.2 Å². The summed E-state index contributed by atoms with van der Waals surface area (Å²) in [4.78, 5) is 0. The highest BCUT2D eigenvalue weighted by Crippen LogP contribution is 2.21. The molecule has 4 heteroatoms. The van der Waals surface area contributed by atoms with Gasteiger partial charge in [-0.05, 0) is 51.0 Å². The molecule has 0 aliphatic rings. The SMILES string of the molecule is Cc1nn(-c2cccc(Br)c2)c(C)c1CC(C)N. The van der Waals surface area contributed by atoms with E-state index >= 15 is 0 Å². The van der Waals surface area contributed by atoms with Gasteiger partial charge in [0.1, 0.15) is 0 Å². The molecule has 0 saturated carbocycles. The molecule has 1 aromatic heterocycles. The summed E-state index contributed by atoms with van der Waals surface area (Å²) in [5.41, 5.74) is 10.4. The van der Waals surface area contributed by atoms with Gasteiger partial charge in [-0.1, -0.05) is 22.0 Å². The van der Waals surface area contributed by atoms with Gasteiger partial charge in [-0.15, -0.1) is 0 Å². The van der Waals surface area contributed by atoms with E-state index in [1.165, 1.54) is 11.3 Å². The van der Waals surface area contributed by atoms with Crippen LogP contribution in [-0.2, 0) is 6.42 Å². The molecule has 2 N–H and O–H groups in total. The van der Waals surface area contributed by atoms with Crippen molar-refractivity contribution in [3.63, 3.8) is 0 Å². The van der Waals surface area contributed by atoms with Gasteiger partial charge < -0.3 is 5.73 Å². The van der Waals surface area contributed by atoms with E-state index in [0.717, 1.165) is 22.3 Å². The first kappa shape index (κ1) is 13.3. The molecule has 96 valence electrons. The molecular weight excluding hydrogens is 290 g/mol. The van der Waals surface area contributed by atoms with Gasteiger partial charge in [0.05, 0.1) is 11.4 Å². The molecule has 0 aliphatic heterocycles. The quantitative estimate of drug-likeness (QED) is 0.946. The van der Waals surface area contributed by atoms with Gasteiger partial charge >= 0.3 is 0 Å². The Balaban J connectivity index is 2.47. The van der Waals surface area contributed by atoms with Crippen molar-refractivity contribution in [2.24, 2.45) is 5.73 Å². The van der Waals surface area contributed by atoms with Crippen LogP contribution < -0.4 is 5.73 Å². The Morgan fingerprint density at radius 2 is 2.11 bits per heavy atom. The van der Waals surface area contributed by atoms with Crippen LogP contribution >= 0.6 is 15.9 Å². The standard InChI is InChI=1S/C14H18BrN3/c1-9(16)7-14-10(2)17-18(11(14)3)13-6-4-5-12(15)8-13/h4-6,8-9H,7,16H2,1-3H3. The third-order valence-electron chi connectivity index (χ3n) is 3.02. The first-order valence-electron chi connectivity index (χ1n) is 6.05. The molecule has 1 aromatic carbocycles. The summed E-state index contributed by atoms with van der Waals surface area (Å²) >= 11 is 3.49. The summed E-state index contributed by atoms with van der Waals surface area (Å²) in [7, 11) is 0. The molecule has 0 aliphatic carbocycles. The average molecular weight is 308 g/mol. The largest absolute Gasteiger partial charge is 0.328 e. The number of nitrogens with zero attached hydrogens (tertiary/aromatic N) is 2. The maximum atomic E-state index is 5.89. The summed E-state index contributed by atoms with van der Waals surface area (Å²) < 4.78 is 3.04. The minimum atomic E-state index is 0.155. The monoisotopic (exact) mass is 307 g/mol. The lowest BCUT2D eigenvalue weighted by Crippen LogP contribution is -2.18. The predicted molar refractivity (Wildman–Crippen MR) is 78.1 cm³/mol. The second-order valence-electron chi connectivity index (χ2n) is 4.72. The average Bonchev–Trinajstić information content (AvgIpc) is 2.56. The number of hydrogen-bond donors (Lipinski definition) is 1. The van der Waals surface area contributed by atoms with Gasteiger partial charge in [-0.2, -0.15) is 5.10 Å². The number of halogens is 1. The van der Waals surface area contributed by atoms with Gasteiger partial charge in [-0.3, -0.25) is 0 Å². The normalized spacial score (nSPS) is 12.7. The van der Waals surface area contributed by atoms with Crippen molar-refractivity contribution in [1.29, 1.82) is 0 Å². The van der Waals surface area contributed by atoms with Gasteiger partial charge in [0.15, 0.2) is 0 Å². The van der Waals surface area contributed by atoms with Crippen LogP contribution in [0.2, 0.25) is 0 Å². The van der Waals surface area contributed by atoms with Crippen LogP contribution in [0.5, 0.6) is 0 Å². The third kappa shape index (κ3) is 2.65. The number of aryl methyl sites for hydroxylation is 1. The second kappa shape index (κ2) is 5.24. The van der Waals surface area contributed by atoms with Crippen molar-refractivity contribution in [3.8, 4) is 5.69 Å². The van der Waals surface area contributed by atoms with Crippen molar-refractivity contribution in [2.75, 3.05) is 0 Å². The van der Waals surface area contributed by atoms with Crippen molar-refractivity contribution in [1.82, 2.24) is 9.78 Å². The van der Waals surface area contributed by atoms with Crippen LogP contribution in [-0.4, -0.2) is 15.8 Å². The zero-order valence-corrected chi connectivity index (χ0v) is 12.5. The molecule has 0 saturated heterocycles. The molecule has 0 amide bonds. The maximum absolute atomic E-state index is 5.89. The van der Waals surface area contributed by atoms with Crippen LogP contribution in [0.3, 0.4) is 0 Å². The molecule has 0 spiro atoms. The molecular formula is C14H18BrN3. The third-order valence-corrected chi connectivity index (χ3v) is 3.51. The predicted octanol–water partition coefficient (Wildman–Crippen LogP) is 3.14. The summed E-state index contributed by atoms with van der Waals surface area (Å²) in [6.07, 6.45) is 0.867. The van der Waals surface area contributed by atoms with E-state index in [9.17, 15) is 0 Å². The minimum absolute atomic E-state index is 0.155. The highest BCUT2D eigenvalue weighted by molar-refractivity contribution is 9.10. The molecule has 18 heavy (non-hydrogen) atoms. The lowest BCUT2D eigenvalue weighted by Gasteiger charge is -2.07. The van der Waals surface area contributed by atoms with Crippen LogP contribution in [0, 0.1) is 13.8 Å². The van der Waals surface area contributed by atoms with Crippen LogP contribution in [0.4, 0.5) is 0 Å². The van der Waals surface area contributed by atoms with E-state index in [0.29, 0.717) is 0 Å². The molecule has 3 nitrogen and oxygen atoms in total. The maximum Gasteiger partial charge on any atom is 0.0660 e. The molecule has 1 unspecified atom stereocenters. The zero-order valence-electron chi connectivity index (χ0n) is 10.9. The molecule has 2 aromatic rings. The zero-order chi connectivity index (χ0) is 13.3. The van der Waals surface area contributed by atoms with Crippen molar-refractivity contribution in [2.45, 2.75) is 33.2 Å². The minimum Gasteiger partial charge on any atom is -0.328 e. The second-order valence-corrected chi connectivity index (χ2v) is 5.64. The van der Waals surface area contributed by atoms with E-state index in [2.05, 4.69) is 40.1 Å². The van der Waals surface area contributed by atoms with E-state index in [-0.39, 0.29) is 6.04 Å². The Hall–Kier alpha value is -1.13. The lowest BCUT2D eigenvalue weighted by molar-refractivity contribution is 0.730. The Kier molecular flexibility index (Phi) is 3.88. The lowest BCUT2D eigenvalue weighted by atomic mass is 10.1. The van der Waals surface area contributed by atoms with Gasteiger partial charge in [0.2, 0.25) is 0 Å². The smallest absolute Gasteiger partial charge is 0.0660 e. The summed E-state index contributed by atoms with van der Waals surface area (Å²) in [6, 6.07) is 8.30. The summed E-state index contributed by atoms with van der Waals surface area (Å²) in [5, 5.41) is 4.61. The number of nitrogens with two attached hydrogens (primary N) is 1. The van der Waals surface area contributed by atoms with Crippen molar-refractivity contribution in [3.05, 3.63) is 45.7 Å². The molecule has 1 atom stereocenters. The molecule has 0 bridgehead atoms. The fourth-order valence-corrected chi connectivity index (χ4v) is 2.54. The Morgan fingerprint density at radius 3 is 2.72 bits per heavy atom. The fourth-order valence-electron chi connectivity index (χ4n) is 2.15. The number of hydrogen-bond acceptors (Lipinski definition) is 2. The van der Waals surface area contributed by atoms with E-state index < -0.39 is 0 Å². The van der Waals surface area contributed by atoms with E-state index in [1.54, 1.807) is 0 Å². The highest BCUT2D eigenvalue weighted by atomic mass is 79.9. The molecule has 0 radical (unpaired) electrons. The molecule has 1 heterocycles. The summed E-state index contributed by atoms with van der Waals surface area (Å²) in [6.45, 7) is 6.16. The van der Waals surface area contributed by atoms with Crippen LogP contribution in [0.25, 0.3) is 5.69 Å². The Labute approximate surface area is 116 Å². The van der Waals surface area contributed by atoms with Crippen LogP contribution in [0.15, 0.2) is 28.7 Å². The van der Waals surface area contributed by atoms with E-state index in [1.807, 2.05) is 30.7 Å². The van der Waals surface area contributed by atoms with Crippen LogP contribution in [0.1, 0.15) is 23.9 Å². The fraction of sp³-hybridized carbons (Fsp3) is 0.357. The first-order valence-corrected chi connectivity index (χ1v) is 6.85. The molecule has 2 rings (SSSR count). The van der Waals surface area contributed by atoms with Gasteiger partial charge in [0.25, 0.3) is 0 Å². The van der Waals surface area contributed by atoms with Crippen molar-refractivity contribution < 1.29 is 0 Å². The number of rotatable bonds is 3. The number of aromatic nitrogens is 2. The Morgan fingerprint density at radius 1 is 1.39 bits per heavy atom. The highest BCUT2D eigenvalue weighted by Gasteiger charge is 2.13. The van der Waals surface area contributed by atoms with Crippen molar-refractivity contribution >= 4 is 15.9 Å². The Bertz CT molecular complexity index is 558. The first-order chi connectivity index (χ1) is 8.49. The summed E-state index contributed by atoms with van der Waals surface area (Å²) in [5.74, 6) is 0. The topological polar surface area (TPSA) is 43.8 Å². The number of benzene rings is 1. The molecule has 0 fully saturated rings.